The first-order valence-electron chi connectivity index (χ1n) is 8.94. The molecule has 0 bridgehead atoms. The van der Waals surface area contributed by atoms with Crippen molar-refractivity contribution in [1.29, 1.82) is 0 Å². The van der Waals surface area contributed by atoms with Crippen molar-refractivity contribution in [3.05, 3.63) is 71.8 Å². The molecule has 146 valence electrons. The van der Waals surface area contributed by atoms with Crippen molar-refractivity contribution in [3.8, 4) is 0 Å². The molecule has 2 N–H and O–H groups in total. The molecule has 0 unspecified atom stereocenters. The first kappa shape index (κ1) is 21.4. The van der Waals surface area contributed by atoms with E-state index in [1.165, 1.54) is 0 Å². The number of rotatable bonds is 10. The predicted octanol–water partition coefficient (Wildman–Crippen LogP) is 4.73. The van der Waals surface area contributed by atoms with Crippen molar-refractivity contribution in [2.24, 2.45) is 5.50 Å². The molecule has 0 aliphatic carbocycles. The van der Waals surface area contributed by atoms with Gasteiger partial charge < -0.3 is 0 Å². The molecule has 0 aliphatic rings. The molecule has 0 aromatic heterocycles. The Labute approximate surface area is 165 Å². The van der Waals surface area contributed by atoms with E-state index >= 15 is 0 Å². The SMILES string of the molecule is N[PH](Cl)(OC(=O)CCCc1ccccc1)OC(=O)CCCc1ccccc1. The van der Waals surface area contributed by atoms with Crippen LogP contribution in [0.5, 0.6) is 0 Å². The predicted molar refractivity (Wildman–Crippen MR) is 109 cm³/mol. The van der Waals surface area contributed by atoms with Crippen LogP contribution < -0.4 is 5.50 Å². The summed E-state index contributed by atoms with van der Waals surface area (Å²) in [7, 11) is -3.81. The number of carbonyl (C=O) groups is 2. The summed E-state index contributed by atoms with van der Waals surface area (Å²) < 4.78 is 10.0. The summed E-state index contributed by atoms with van der Waals surface area (Å²) in [5, 5.41) is 0. The van der Waals surface area contributed by atoms with E-state index < -0.39 is 19.2 Å². The van der Waals surface area contributed by atoms with E-state index in [0.717, 1.165) is 24.0 Å². The van der Waals surface area contributed by atoms with E-state index in [1.54, 1.807) is 0 Å². The van der Waals surface area contributed by atoms with Gasteiger partial charge in [-0.05, 0) is 0 Å². The second kappa shape index (κ2) is 11.0. The van der Waals surface area contributed by atoms with Gasteiger partial charge >= 0.3 is 165 Å². The Morgan fingerprint density at radius 3 is 1.52 bits per heavy atom. The Morgan fingerprint density at radius 1 is 0.778 bits per heavy atom. The summed E-state index contributed by atoms with van der Waals surface area (Å²) in [5.41, 5.74) is 7.98. The van der Waals surface area contributed by atoms with Crippen LogP contribution in [0.15, 0.2) is 60.7 Å². The summed E-state index contributed by atoms with van der Waals surface area (Å²) >= 11 is 5.95. The standard InChI is InChI=1S/C20H25ClNO4P/c21-27(22,25-19(23)15-7-13-17-9-3-1-4-10-17)26-20(24)16-8-14-18-11-5-2-6-12-18/h1-6,9-12,27H,7-8,13-16,22H2. The Balaban J connectivity index is 1.65. The summed E-state index contributed by atoms with van der Waals surface area (Å²) in [5.74, 6) is -1.10. The number of hydrogen-bond donors (Lipinski definition) is 1. The fourth-order valence-electron chi connectivity index (χ4n) is 2.60. The van der Waals surface area contributed by atoms with E-state index in [-0.39, 0.29) is 12.8 Å². The van der Waals surface area contributed by atoms with Gasteiger partial charge in [0, 0.05) is 0 Å². The number of benzene rings is 2. The van der Waals surface area contributed by atoms with Gasteiger partial charge in [-0.2, -0.15) is 0 Å². The normalized spacial score (nSPS) is 11.6. The number of halogens is 1. The van der Waals surface area contributed by atoms with Crippen molar-refractivity contribution in [2.75, 3.05) is 0 Å². The second-order valence-corrected chi connectivity index (χ2v) is 9.36. The van der Waals surface area contributed by atoms with Gasteiger partial charge in [0.15, 0.2) is 0 Å². The third kappa shape index (κ3) is 9.00. The van der Waals surface area contributed by atoms with E-state index in [0.29, 0.717) is 12.8 Å². The summed E-state index contributed by atoms with van der Waals surface area (Å²) in [6, 6.07) is 19.6. The minimum absolute atomic E-state index is 0.166. The molecule has 0 saturated carbocycles. The van der Waals surface area contributed by atoms with E-state index in [1.807, 2.05) is 60.7 Å². The Kier molecular flexibility index (Phi) is 8.73. The quantitative estimate of drug-likeness (QED) is 0.574. The van der Waals surface area contributed by atoms with Gasteiger partial charge in [-0.25, -0.2) is 0 Å². The van der Waals surface area contributed by atoms with Gasteiger partial charge in [0.05, 0.1) is 0 Å². The number of aryl methyl sites for hydroxylation is 2. The van der Waals surface area contributed by atoms with E-state index in [9.17, 15) is 9.59 Å². The van der Waals surface area contributed by atoms with Crippen LogP contribution in [-0.2, 0) is 31.5 Å². The van der Waals surface area contributed by atoms with Crippen LogP contribution in [0.3, 0.4) is 0 Å². The molecule has 5 nitrogen and oxygen atoms in total. The van der Waals surface area contributed by atoms with Crippen LogP contribution >= 0.6 is 18.5 Å². The zero-order valence-electron chi connectivity index (χ0n) is 15.1. The van der Waals surface area contributed by atoms with Crippen LogP contribution in [0.1, 0.15) is 36.8 Å². The maximum atomic E-state index is 11.9. The van der Waals surface area contributed by atoms with Crippen LogP contribution in [0.2, 0.25) is 0 Å². The van der Waals surface area contributed by atoms with Gasteiger partial charge in [0.1, 0.15) is 0 Å². The van der Waals surface area contributed by atoms with Gasteiger partial charge in [-0.3, -0.25) is 0 Å². The monoisotopic (exact) mass is 409 g/mol. The molecule has 0 atom stereocenters. The maximum absolute atomic E-state index is 11.9. The molecule has 0 amide bonds. The third-order valence-corrected chi connectivity index (χ3v) is 5.36. The van der Waals surface area contributed by atoms with Crippen LogP contribution in [0.25, 0.3) is 0 Å². The molecular weight excluding hydrogens is 385 g/mol. The van der Waals surface area contributed by atoms with Crippen LogP contribution in [0.4, 0.5) is 0 Å². The first-order valence-corrected chi connectivity index (χ1v) is 11.8. The minimum atomic E-state index is -3.81. The Morgan fingerprint density at radius 2 is 1.15 bits per heavy atom. The third-order valence-electron chi connectivity index (χ3n) is 3.88. The number of carbonyl (C=O) groups excluding carboxylic acids is 2. The fraction of sp³-hybridized carbons (Fsp3) is 0.300. The van der Waals surface area contributed by atoms with Crippen molar-refractivity contribution in [3.63, 3.8) is 0 Å². The molecule has 2 aromatic rings. The molecular formula is C20H25ClNO4P. The second-order valence-electron chi connectivity index (χ2n) is 6.21. The van der Waals surface area contributed by atoms with Crippen LogP contribution in [-0.4, -0.2) is 11.9 Å². The molecule has 0 fully saturated rings. The average molecular weight is 410 g/mol. The molecule has 0 heterocycles. The Hall–Kier alpha value is -1.94. The van der Waals surface area contributed by atoms with Gasteiger partial charge in [0.25, 0.3) is 0 Å². The van der Waals surface area contributed by atoms with Crippen LogP contribution in [0, 0.1) is 0 Å². The van der Waals surface area contributed by atoms with Crippen molar-refractivity contribution in [1.82, 2.24) is 0 Å². The number of nitrogens with two attached hydrogens (primary N) is 1. The molecule has 0 radical (unpaired) electrons. The molecule has 2 aromatic carbocycles. The van der Waals surface area contributed by atoms with E-state index in [4.69, 9.17) is 25.8 Å². The first-order chi connectivity index (χ1) is 12.9. The zero-order chi connectivity index (χ0) is 19.5. The summed E-state index contributed by atoms with van der Waals surface area (Å²) in [6.45, 7) is 0. The fourth-order valence-corrected chi connectivity index (χ4v) is 3.98. The van der Waals surface area contributed by atoms with E-state index in [2.05, 4.69) is 0 Å². The average Bonchev–Trinajstić information content (AvgIpc) is 2.62. The van der Waals surface area contributed by atoms with Gasteiger partial charge in [0.2, 0.25) is 0 Å². The molecule has 2 rings (SSSR count). The topological polar surface area (TPSA) is 78.6 Å². The summed E-state index contributed by atoms with van der Waals surface area (Å²) in [4.78, 5) is 23.8. The Bertz CT molecular complexity index is 664. The molecule has 27 heavy (non-hydrogen) atoms. The van der Waals surface area contributed by atoms with Crippen molar-refractivity contribution < 1.29 is 18.6 Å². The van der Waals surface area contributed by atoms with Gasteiger partial charge in [-0.1, -0.05) is 0 Å². The zero-order valence-corrected chi connectivity index (χ0v) is 16.9. The number of hydrogen-bond acceptors (Lipinski definition) is 5. The molecule has 0 aliphatic heterocycles. The van der Waals surface area contributed by atoms with Crippen molar-refractivity contribution in [2.45, 2.75) is 38.5 Å². The molecule has 0 spiro atoms. The molecule has 0 saturated heterocycles. The molecule has 7 heteroatoms. The summed E-state index contributed by atoms with van der Waals surface area (Å²) in [6.07, 6.45) is 3.04. The van der Waals surface area contributed by atoms with Gasteiger partial charge in [-0.15, -0.1) is 0 Å². The van der Waals surface area contributed by atoms with Crippen molar-refractivity contribution >= 4 is 30.4 Å².